The number of benzene rings is 1. The molecule has 0 saturated heterocycles. The van der Waals surface area contributed by atoms with Crippen molar-refractivity contribution in [3.63, 3.8) is 0 Å². The normalized spacial score (nSPS) is 10.6. The highest BCUT2D eigenvalue weighted by Crippen LogP contribution is 2.29. The van der Waals surface area contributed by atoms with Gasteiger partial charge in [-0.2, -0.15) is 0 Å². The number of nitrogens with one attached hydrogen (secondary N) is 1. The highest BCUT2D eigenvalue weighted by molar-refractivity contribution is 9.10. The van der Waals surface area contributed by atoms with Crippen LogP contribution in [0.2, 0.25) is 5.02 Å². The van der Waals surface area contributed by atoms with Crippen LogP contribution >= 0.6 is 39.1 Å². The molecule has 0 aliphatic heterocycles. The molecule has 1 amide bonds. The minimum absolute atomic E-state index is 0.205. The lowest BCUT2D eigenvalue weighted by Crippen LogP contribution is -2.13. The van der Waals surface area contributed by atoms with Crippen LogP contribution in [0.1, 0.15) is 34.3 Å². The molecule has 0 spiro atoms. The van der Waals surface area contributed by atoms with Gasteiger partial charge in [-0.05, 0) is 58.5 Å². The maximum Gasteiger partial charge on any atom is 0.269 e. The summed E-state index contributed by atoms with van der Waals surface area (Å²) in [5, 5.41) is 7.44. The van der Waals surface area contributed by atoms with Gasteiger partial charge in [-0.1, -0.05) is 29.4 Å². The zero-order chi connectivity index (χ0) is 14.7. The van der Waals surface area contributed by atoms with Crippen LogP contribution in [0.5, 0.6) is 0 Å². The van der Waals surface area contributed by atoms with E-state index < -0.39 is 0 Å². The molecule has 2 aromatic rings. The van der Waals surface area contributed by atoms with E-state index in [0.29, 0.717) is 15.6 Å². The Morgan fingerprint density at radius 3 is 2.95 bits per heavy atom. The number of aryl methyl sites for hydroxylation is 2. The lowest BCUT2D eigenvalue weighted by atomic mass is 10.2. The standard InChI is InChI=1S/C13H13BrClN3OS/c1-3-4-10-12(20-18-17-10)13(19)16-11-6-9(15)7(2)5-8(11)14/h5-6H,3-4H2,1-2H3,(H,16,19). The van der Waals surface area contributed by atoms with Crippen molar-refractivity contribution in [3.8, 4) is 0 Å². The van der Waals surface area contributed by atoms with E-state index in [1.54, 1.807) is 6.07 Å². The Balaban J connectivity index is 2.23. The van der Waals surface area contributed by atoms with Gasteiger partial charge in [-0.3, -0.25) is 4.79 Å². The van der Waals surface area contributed by atoms with E-state index in [4.69, 9.17) is 11.6 Å². The Bertz CT molecular complexity index is 645. The minimum atomic E-state index is -0.205. The number of hydrogen-bond donors (Lipinski definition) is 1. The third-order valence-electron chi connectivity index (χ3n) is 2.75. The zero-order valence-electron chi connectivity index (χ0n) is 11.0. The topological polar surface area (TPSA) is 54.9 Å². The molecule has 1 heterocycles. The van der Waals surface area contributed by atoms with E-state index in [1.165, 1.54) is 0 Å². The fourth-order valence-corrected chi connectivity index (χ4v) is 3.03. The molecule has 1 aromatic heterocycles. The molecular formula is C13H13BrClN3OS. The molecule has 0 bridgehead atoms. The Labute approximate surface area is 134 Å². The van der Waals surface area contributed by atoms with E-state index in [9.17, 15) is 4.79 Å². The van der Waals surface area contributed by atoms with E-state index >= 15 is 0 Å². The number of nitrogens with zero attached hydrogens (tertiary/aromatic N) is 2. The van der Waals surface area contributed by atoms with Crippen LogP contribution in [0, 0.1) is 6.92 Å². The Morgan fingerprint density at radius 1 is 1.50 bits per heavy atom. The fourth-order valence-electron chi connectivity index (χ4n) is 1.70. The molecule has 1 aromatic carbocycles. The van der Waals surface area contributed by atoms with Gasteiger partial charge in [-0.25, -0.2) is 0 Å². The predicted octanol–water partition coefficient (Wildman–Crippen LogP) is 4.47. The summed E-state index contributed by atoms with van der Waals surface area (Å²) in [6.45, 7) is 3.95. The molecule has 20 heavy (non-hydrogen) atoms. The van der Waals surface area contributed by atoms with Gasteiger partial charge >= 0.3 is 0 Å². The maximum atomic E-state index is 12.3. The first-order valence-electron chi connectivity index (χ1n) is 6.11. The van der Waals surface area contributed by atoms with Crippen molar-refractivity contribution in [2.45, 2.75) is 26.7 Å². The summed E-state index contributed by atoms with van der Waals surface area (Å²) in [7, 11) is 0. The van der Waals surface area contributed by atoms with Crippen molar-refractivity contribution in [2.75, 3.05) is 5.32 Å². The largest absolute Gasteiger partial charge is 0.320 e. The molecule has 0 saturated carbocycles. The van der Waals surface area contributed by atoms with Crippen LogP contribution in [-0.4, -0.2) is 15.5 Å². The molecule has 0 atom stereocenters. The number of carbonyl (C=O) groups excluding carboxylic acids is 1. The fraction of sp³-hybridized carbons (Fsp3) is 0.308. The molecule has 0 radical (unpaired) electrons. The van der Waals surface area contributed by atoms with E-state index in [0.717, 1.165) is 40.1 Å². The molecule has 4 nitrogen and oxygen atoms in total. The summed E-state index contributed by atoms with van der Waals surface area (Å²) in [5.41, 5.74) is 2.33. The van der Waals surface area contributed by atoms with Crippen LogP contribution in [0.15, 0.2) is 16.6 Å². The van der Waals surface area contributed by atoms with Gasteiger partial charge in [0.1, 0.15) is 4.88 Å². The van der Waals surface area contributed by atoms with Crippen LogP contribution in [0.25, 0.3) is 0 Å². The summed E-state index contributed by atoms with van der Waals surface area (Å²) in [5.74, 6) is -0.205. The summed E-state index contributed by atoms with van der Waals surface area (Å²) < 4.78 is 4.64. The van der Waals surface area contributed by atoms with E-state index in [-0.39, 0.29) is 5.91 Å². The molecule has 2 rings (SSSR count). The lowest BCUT2D eigenvalue weighted by molar-refractivity contribution is 0.102. The number of amides is 1. The quantitative estimate of drug-likeness (QED) is 0.859. The van der Waals surface area contributed by atoms with Gasteiger partial charge in [0.05, 0.1) is 11.4 Å². The monoisotopic (exact) mass is 373 g/mol. The second-order valence-electron chi connectivity index (χ2n) is 4.33. The summed E-state index contributed by atoms with van der Waals surface area (Å²) in [4.78, 5) is 12.8. The van der Waals surface area contributed by atoms with Crippen LogP contribution in [0.4, 0.5) is 5.69 Å². The van der Waals surface area contributed by atoms with Gasteiger partial charge in [0.2, 0.25) is 0 Å². The first kappa shape index (κ1) is 15.4. The molecule has 0 aliphatic carbocycles. The molecule has 7 heteroatoms. The minimum Gasteiger partial charge on any atom is -0.320 e. The van der Waals surface area contributed by atoms with E-state index in [1.807, 2.05) is 19.9 Å². The molecule has 106 valence electrons. The number of anilines is 1. The predicted molar refractivity (Wildman–Crippen MR) is 85.7 cm³/mol. The molecule has 0 unspecified atom stereocenters. The SMILES string of the molecule is CCCc1nnsc1C(=O)Nc1cc(Cl)c(C)cc1Br. The van der Waals surface area contributed by atoms with Crippen molar-refractivity contribution < 1.29 is 4.79 Å². The van der Waals surface area contributed by atoms with Crippen molar-refractivity contribution in [2.24, 2.45) is 0 Å². The van der Waals surface area contributed by atoms with Crippen LogP contribution in [-0.2, 0) is 6.42 Å². The van der Waals surface area contributed by atoms with Crippen molar-refractivity contribution in [3.05, 3.63) is 37.8 Å². The Kier molecular flexibility index (Phi) is 5.12. The maximum absolute atomic E-state index is 12.3. The molecule has 0 aliphatic rings. The zero-order valence-corrected chi connectivity index (χ0v) is 14.2. The van der Waals surface area contributed by atoms with Crippen molar-refractivity contribution in [1.29, 1.82) is 0 Å². The number of carbonyl (C=O) groups is 1. The first-order valence-corrected chi connectivity index (χ1v) is 8.05. The average Bonchev–Trinajstić information content (AvgIpc) is 2.84. The van der Waals surface area contributed by atoms with Gasteiger partial charge in [0.25, 0.3) is 5.91 Å². The highest BCUT2D eigenvalue weighted by atomic mass is 79.9. The van der Waals surface area contributed by atoms with Crippen molar-refractivity contribution >= 4 is 50.7 Å². The number of aromatic nitrogens is 2. The highest BCUT2D eigenvalue weighted by Gasteiger charge is 2.17. The van der Waals surface area contributed by atoms with Gasteiger partial charge in [0.15, 0.2) is 0 Å². The van der Waals surface area contributed by atoms with Gasteiger partial charge < -0.3 is 5.32 Å². The third kappa shape index (κ3) is 3.37. The molecule has 0 fully saturated rings. The summed E-state index contributed by atoms with van der Waals surface area (Å²) in [6.07, 6.45) is 1.67. The Hall–Kier alpha value is -0.980. The Morgan fingerprint density at radius 2 is 2.25 bits per heavy atom. The second-order valence-corrected chi connectivity index (χ2v) is 6.35. The average molecular weight is 375 g/mol. The number of halogens is 2. The van der Waals surface area contributed by atoms with Crippen molar-refractivity contribution in [1.82, 2.24) is 9.59 Å². The van der Waals surface area contributed by atoms with E-state index in [2.05, 4.69) is 30.8 Å². The van der Waals surface area contributed by atoms with Crippen LogP contribution in [0.3, 0.4) is 0 Å². The number of hydrogen-bond acceptors (Lipinski definition) is 4. The van der Waals surface area contributed by atoms with Gasteiger partial charge in [-0.15, -0.1) is 5.10 Å². The van der Waals surface area contributed by atoms with Gasteiger partial charge in [0, 0.05) is 9.50 Å². The third-order valence-corrected chi connectivity index (χ3v) is 4.58. The lowest BCUT2D eigenvalue weighted by Gasteiger charge is -2.09. The van der Waals surface area contributed by atoms with Crippen LogP contribution < -0.4 is 5.32 Å². The molecular weight excluding hydrogens is 362 g/mol. The summed E-state index contributed by atoms with van der Waals surface area (Å²) in [6, 6.07) is 3.60. The summed E-state index contributed by atoms with van der Waals surface area (Å²) >= 11 is 10.6. The number of rotatable bonds is 4. The molecule has 1 N–H and O–H groups in total. The second kappa shape index (κ2) is 6.65. The first-order chi connectivity index (χ1) is 9.52. The smallest absolute Gasteiger partial charge is 0.269 e.